The van der Waals surface area contributed by atoms with Gasteiger partial charge in [-0.3, -0.25) is 0 Å². The van der Waals surface area contributed by atoms with Crippen molar-refractivity contribution in [1.29, 1.82) is 0 Å². The number of nitrogens with two attached hydrogens (primary N) is 1. The van der Waals surface area contributed by atoms with E-state index in [1.807, 2.05) is 13.0 Å². The van der Waals surface area contributed by atoms with Gasteiger partial charge in [0.1, 0.15) is 5.75 Å². The lowest BCUT2D eigenvalue weighted by molar-refractivity contribution is 0.415. The van der Waals surface area contributed by atoms with E-state index in [2.05, 4.69) is 19.1 Å². The number of methoxy groups -OCH3 is 1. The van der Waals surface area contributed by atoms with Crippen molar-refractivity contribution in [3.63, 3.8) is 0 Å². The summed E-state index contributed by atoms with van der Waals surface area (Å²) in [4.78, 5) is 1.26. The highest BCUT2D eigenvalue weighted by Gasteiger charge is 2.11. The van der Waals surface area contributed by atoms with Gasteiger partial charge in [0, 0.05) is 15.6 Å². The van der Waals surface area contributed by atoms with Crippen LogP contribution < -0.4 is 10.5 Å². The molecule has 0 saturated carbocycles. The van der Waals surface area contributed by atoms with Gasteiger partial charge in [0.15, 0.2) is 0 Å². The molecule has 0 radical (unpaired) electrons. The van der Waals surface area contributed by atoms with Crippen LogP contribution in [0.2, 0.25) is 0 Å². The number of hydrogen-bond acceptors (Lipinski definition) is 3. The number of rotatable bonds is 2. The molecule has 0 aliphatic carbocycles. The Bertz CT molecular complexity index is 488. The Morgan fingerprint density at radius 1 is 1.40 bits per heavy atom. The number of fused-ring (bicyclic) bond motifs is 1. The third-order valence-corrected chi connectivity index (χ3v) is 4.05. The summed E-state index contributed by atoms with van der Waals surface area (Å²) in [5, 5.41) is 1.29. The van der Waals surface area contributed by atoms with Crippen molar-refractivity contribution in [2.75, 3.05) is 7.11 Å². The second-order valence-electron chi connectivity index (χ2n) is 3.74. The summed E-state index contributed by atoms with van der Waals surface area (Å²) in [5.74, 6) is 0.903. The van der Waals surface area contributed by atoms with Crippen molar-refractivity contribution in [2.45, 2.75) is 19.9 Å². The van der Waals surface area contributed by atoms with E-state index in [-0.39, 0.29) is 6.04 Å². The Balaban J connectivity index is 2.65. The van der Waals surface area contributed by atoms with Gasteiger partial charge >= 0.3 is 0 Å². The second-order valence-corrected chi connectivity index (χ2v) is 4.83. The van der Waals surface area contributed by atoms with Gasteiger partial charge in [0.25, 0.3) is 0 Å². The normalized spacial score (nSPS) is 13.1. The maximum absolute atomic E-state index is 5.93. The van der Waals surface area contributed by atoms with E-state index in [9.17, 15) is 0 Å². The molecule has 1 unspecified atom stereocenters. The van der Waals surface area contributed by atoms with E-state index in [1.54, 1.807) is 18.4 Å². The zero-order valence-electron chi connectivity index (χ0n) is 9.20. The minimum Gasteiger partial charge on any atom is -0.497 e. The number of benzene rings is 1. The van der Waals surface area contributed by atoms with Crippen molar-refractivity contribution in [3.8, 4) is 5.75 Å². The lowest BCUT2D eigenvalue weighted by atomic mass is 10.1. The van der Waals surface area contributed by atoms with E-state index in [0.717, 1.165) is 5.75 Å². The molecular formula is C12H15NOS. The molecule has 0 spiro atoms. The van der Waals surface area contributed by atoms with Gasteiger partial charge < -0.3 is 10.5 Å². The quantitative estimate of drug-likeness (QED) is 0.845. The van der Waals surface area contributed by atoms with E-state index in [4.69, 9.17) is 10.5 Å². The number of thiophene rings is 1. The van der Waals surface area contributed by atoms with Gasteiger partial charge in [-0.15, -0.1) is 11.3 Å². The molecule has 80 valence electrons. The largest absolute Gasteiger partial charge is 0.497 e. The first-order valence-electron chi connectivity index (χ1n) is 4.96. The van der Waals surface area contributed by atoms with Crippen LogP contribution in [-0.4, -0.2) is 7.11 Å². The van der Waals surface area contributed by atoms with Gasteiger partial charge in [-0.25, -0.2) is 0 Å². The van der Waals surface area contributed by atoms with Crippen LogP contribution >= 0.6 is 11.3 Å². The number of ether oxygens (including phenoxy) is 1. The molecule has 1 heterocycles. The Hall–Kier alpha value is -1.06. The van der Waals surface area contributed by atoms with Crippen LogP contribution in [0.15, 0.2) is 18.2 Å². The molecule has 0 aliphatic rings. The van der Waals surface area contributed by atoms with Gasteiger partial charge in [0.2, 0.25) is 0 Å². The highest BCUT2D eigenvalue weighted by molar-refractivity contribution is 7.19. The summed E-state index contributed by atoms with van der Waals surface area (Å²) in [6.45, 7) is 4.15. The lowest BCUT2D eigenvalue weighted by Crippen LogP contribution is -2.03. The summed E-state index contributed by atoms with van der Waals surface area (Å²) >= 11 is 1.76. The fraction of sp³-hybridized carbons (Fsp3) is 0.333. The first-order valence-corrected chi connectivity index (χ1v) is 5.77. The molecule has 15 heavy (non-hydrogen) atoms. The Morgan fingerprint density at radius 3 is 2.73 bits per heavy atom. The zero-order chi connectivity index (χ0) is 11.0. The summed E-state index contributed by atoms with van der Waals surface area (Å²) in [5.41, 5.74) is 7.23. The molecule has 3 heteroatoms. The van der Waals surface area contributed by atoms with Crippen molar-refractivity contribution in [3.05, 3.63) is 28.6 Å². The van der Waals surface area contributed by atoms with Gasteiger partial charge in [-0.1, -0.05) is 0 Å². The van der Waals surface area contributed by atoms with Gasteiger partial charge in [-0.2, -0.15) is 0 Å². The standard InChI is InChI=1S/C12H15NOS/c1-7-10-5-4-9(14-3)6-11(10)15-12(7)8(2)13/h4-6,8H,13H2,1-3H3. The zero-order valence-corrected chi connectivity index (χ0v) is 10.0. The third kappa shape index (κ3) is 1.73. The molecule has 0 fully saturated rings. The van der Waals surface area contributed by atoms with E-state index < -0.39 is 0 Å². The van der Waals surface area contributed by atoms with Crippen molar-refractivity contribution in [1.82, 2.24) is 0 Å². The summed E-state index contributed by atoms with van der Waals surface area (Å²) < 4.78 is 6.46. The van der Waals surface area contributed by atoms with E-state index in [1.165, 1.54) is 20.5 Å². The minimum absolute atomic E-state index is 0.105. The first-order chi connectivity index (χ1) is 7.13. The molecule has 2 nitrogen and oxygen atoms in total. The Morgan fingerprint density at radius 2 is 2.13 bits per heavy atom. The third-order valence-electron chi connectivity index (χ3n) is 2.60. The van der Waals surface area contributed by atoms with Gasteiger partial charge in [0.05, 0.1) is 7.11 Å². The average molecular weight is 221 g/mol. The SMILES string of the molecule is COc1ccc2c(C)c(C(C)N)sc2c1. The molecule has 0 aliphatic heterocycles. The molecule has 2 aromatic rings. The maximum Gasteiger partial charge on any atom is 0.120 e. The van der Waals surface area contributed by atoms with Crippen molar-refractivity contribution >= 4 is 21.4 Å². The van der Waals surface area contributed by atoms with Crippen LogP contribution in [0.1, 0.15) is 23.4 Å². The molecule has 0 saturated heterocycles. The number of hydrogen-bond donors (Lipinski definition) is 1. The van der Waals surface area contributed by atoms with E-state index >= 15 is 0 Å². The molecule has 1 aromatic heterocycles. The van der Waals surface area contributed by atoms with Crippen molar-refractivity contribution in [2.24, 2.45) is 5.73 Å². The predicted octanol–water partition coefficient (Wildman–Crippen LogP) is 3.24. The predicted molar refractivity (Wildman–Crippen MR) is 65.7 cm³/mol. The van der Waals surface area contributed by atoms with Gasteiger partial charge in [-0.05, 0) is 43.0 Å². The molecule has 0 amide bonds. The summed E-state index contributed by atoms with van der Waals surface area (Å²) in [7, 11) is 1.69. The smallest absolute Gasteiger partial charge is 0.120 e. The van der Waals surface area contributed by atoms with Crippen LogP contribution in [0.5, 0.6) is 5.75 Å². The van der Waals surface area contributed by atoms with Crippen LogP contribution in [0.4, 0.5) is 0 Å². The molecule has 1 atom stereocenters. The fourth-order valence-corrected chi connectivity index (χ4v) is 2.98. The Labute approximate surface area is 93.7 Å². The molecule has 2 rings (SSSR count). The summed E-state index contributed by atoms with van der Waals surface area (Å²) in [6, 6.07) is 6.27. The fourth-order valence-electron chi connectivity index (χ4n) is 1.79. The molecule has 2 N–H and O–H groups in total. The topological polar surface area (TPSA) is 35.2 Å². The van der Waals surface area contributed by atoms with E-state index in [0.29, 0.717) is 0 Å². The second kappa shape index (κ2) is 3.83. The average Bonchev–Trinajstić information content (AvgIpc) is 2.55. The summed E-state index contributed by atoms with van der Waals surface area (Å²) in [6.07, 6.45) is 0. The Kier molecular flexibility index (Phi) is 2.67. The highest BCUT2D eigenvalue weighted by Crippen LogP contribution is 2.35. The highest BCUT2D eigenvalue weighted by atomic mass is 32.1. The van der Waals surface area contributed by atoms with Crippen LogP contribution in [0.3, 0.4) is 0 Å². The molecule has 1 aromatic carbocycles. The monoisotopic (exact) mass is 221 g/mol. The van der Waals surface area contributed by atoms with Crippen LogP contribution in [0.25, 0.3) is 10.1 Å². The molecule has 0 bridgehead atoms. The number of aryl methyl sites for hydroxylation is 1. The molecular weight excluding hydrogens is 206 g/mol. The van der Waals surface area contributed by atoms with Crippen molar-refractivity contribution < 1.29 is 4.74 Å². The van der Waals surface area contributed by atoms with Crippen LogP contribution in [0, 0.1) is 6.92 Å². The minimum atomic E-state index is 0.105. The van der Waals surface area contributed by atoms with Crippen LogP contribution in [-0.2, 0) is 0 Å². The lowest BCUT2D eigenvalue weighted by Gasteiger charge is -2.01. The maximum atomic E-state index is 5.93. The first kappa shape index (κ1) is 10.5.